The van der Waals surface area contributed by atoms with E-state index in [1.54, 1.807) is 4.90 Å². The summed E-state index contributed by atoms with van der Waals surface area (Å²) in [6.07, 6.45) is 0.796. The zero-order valence-electron chi connectivity index (χ0n) is 17.6. The first-order chi connectivity index (χ1) is 13.6. The Bertz CT molecular complexity index is 896. The van der Waals surface area contributed by atoms with E-state index < -0.39 is 11.9 Å². The molecule has 3 rings (SSSR count). The van der Waals surface area contributed by atoms with Gasteiger partial charge in [-0.15, -0.1) is 0 Å². The summed E-state index contributed by atoms with van der Waals surface area (Å²) in [7, 11) is 0. The van der Waals surface area contributed by atoms with Crippen LogP contribution in [0.5, 0.6) is 11.5 Å². The third-order valence-corrected chi connectivity index (χ3v) is 5.33. The smallest absolute Gasteiger partial charge is 0.308 e. The first kappa shape index (κ1) is 20.9. The van der Waals surface area contributed by atoms with Crippen molar-refractivity contribution in [1.29, 1.82) is 0 Å². The van der Waals surface area contributed by atoms with Gasteiger partial charge in [0.25, 0.3) is 0 Å². The molecule has 1 fully saturated rings. The second kappa shape index (κ2) is 8.27. The first-order valence-corrected chi connectivity index (χ1v) is 10.0. The number of carbonyl (C=O) groups is 2. The maximum absolute atomic E-state index is 12.0. The van der Waals surface area contributed by atoms with Crippen LogP contribution in [0.3, 0.4) is 0 Å². The van der Waals surface area contributed by atoms with Crippen LogP contribution in [-0.2, 0) is 21.4 Å². The predicted molar refractivity (Wildman–Crippen MR) is 112 cm³/mol. The minimum atomic E-state index is -0.895. The number of carboxylic acids is 1. The molecule has 1 atom stereocenters. The fourth-order valence-electron chi connectivity index (χ4n) is 3.60. The molecule has 0 radical (unpaired) electrons. The maximum atomic E-state index is 12.0. The predicted octanol–water partition coefficient (Wildman–Crippen LogP) is 4.56. The molecule has 0 spiro atoms. The molecule has 2 aromatic rings. The van der Waals surface area contributed by atoms with Gasteiger partial charge >= 0.3 is 5.97 Å². The van der Waals surface area contributed by atoms with Crippen molar-refractivity contribution in [2.75, 3.05) is 13.1 Å². The Morgan fingerprint density at radius 2 is 1.86 bits per heavy atom. The molecule has 29 heavy (non-hydrogen) atoms. The highest BCUT2D eigenvalue weighted by Crippen LogP contribution is 2.35. The van der Waals surface area contributed by atoms with Gasteiger partial charge < -0.3 is 14.7 Å². The molecule has 1 saturated heterocycles. The van der Waals surface area contributed by atoms with Crippen LogP contribution in [0.2, 0.25) is 0 Å². The molecular formula is C24H29NO4. The molecule has 1 N–H and O–H groups in total. The number of amides is 1. The summed E-state index contributed by atoms with van der Waals surface area (Å²) in [5.74, 6) is 0.0879. The molecule has 0 aromatic heterocycles. The summed E-state index contributed by atoms with van der Waals surface area (Å²) in [5.41, 5.74) is 3.38. The van der Waals surface area contributed by atoms with E-state index in [4.69, 9.17) is 9.84 Å². The minimum absolute atomic E-state index is 0.0148. The van der Waals surface area contributed by atoms with Crippen molar-refractivity contribution in [3.8, 4) is 11.5 Å². The number of carbonyl (C=O) groups excluding carboxylic acids is 1. The molecule has 2 aromatic carbocycles. The molecule has 0 bridgehead atoms. The number of likely N-dealkylation sites (tertiary alicyclic amines) is 1. The van der Waals surface area contributed by atoms with E-state index in [-0.39, 0.29) is 17.7 Å². The summed E-state index contributed by atoms with van der Waals surface area (Å²) in [6, 6.07) is 14.2. The number of benzene rings is 2. The Kier molecular flexibility index (Phi) is 5.96. The van der Waals surface area contributed by atoms with Crippen LogP contribution < -0.4 is 4.74 Å². The number of hydrogen-bond donors (Lipinski definition) is 1. The van der Waals surface area contributed by atoms with Crippen LogP contribution in [0.4, 0.5) is 0 Å². The Morgan fingerprint density at radius 3 is 2.45 bits per heavy atom. The lowest BCUT2D eigenvalue weighted by molar-refractivity contribution is -0.141. The monoisotopic (exact) mass is 395 g/mol. The van der Waals surface area contributed by atoms with Gasteiger partial charge in [-0.05, 0) is 48.1 Å². The molecule has 1 amide bonds. The number of aryl methyl sites for hydroxylation is 1. The molecule has 154 valence electrons. The summed E-state index contributed by atoms with van der Waals surface area (Å²) in [6.45, 7) is 9.40. The molecule has 5 heteroatoms. The highest BCUT2D eigenvalue weighted by Gasteiger charge is 2.33. The van der Waals surface area contributed by atoms with Crippen LogP contribution in [0.15, 0.2) is 42.5 Å². The van der Waals surface area contributed by atoms with Crippen molar-refractivity contribution in [2.45, 2.75) is 46.0 Å². The van der Waals surface area contributed by atoms with E-state index in [0.29, 0.717) is 19.5 Å². The Balaban J connectivity index is 1.64. The summed E-state index contributed by atoms with van der Waals surface area (Å²) in [4.78, 5) is 24.7. The third kappa shape index (κ3) is 5.17. The van der Waals surface area contributed by atoms with E-state index in [0.717, 1.165) is 28.2 Å². The number of ether oxygens (including phenoxy) is 1. The second-order valence-corrected chi connectivity index (χ2v) is 8.82. The summed E-state index contributed by atoms with van der Waals surface area (Å²) >= 11 is 0. The number of aliphatic carboxylic acids is 1. The zero-order chi connectivity index (χ0) is 21.2. The number of carboxylic acid groups (broad SMARTS) is 1. The van der Waals surface area contributed by atoms with E-state index in [1.807, 2.05) is 24.3 Å². The molecule has 1 aliphatic heterocycles. The van der Waals surface area contributed by atoms with Crippen molar-refractivity contribution >= 4 is 11.9 Å². The van der Waals surface area contributed by atoms with Crippen LogP contribution in [0.1, 0.15) is 43.9 Å². The van der Waals surface area contributed by atoms with Gasteiger partial charge in [-0.2, -0.15) is 0 Å². The molecule has 1 unspecified atom stereocenters. The number of rotatable bonds is 6. The van der Waals surface area contributed by atoms with Crippen molar-refractivity contribution < 1.29 is 19.4 Å². The Morgan fingerprint density at radius 1 is 1.17 bits per heavy atom. The first-order valence-electron chi connectivity index (χ1n) is 10.0. The largest absolute Gasteiger partial charge is 0.481 e. The average molecular weight is 395 g/mol. The Labute approximate surface area is 172 Å². The van der Waals surface area contributed by atoms with E-state index >= 15 is 0 Å². The van der Waals surface area contributed by atoms with Crippen molar-refractivity contribution in [2.24, 2.45) is 5.92 Å². The lowest BCUT2D eigenvalue weighted by Crippen LogP contribution is -2.28. The van der Waals surface area contributed by atoms with Crippen LogP contribution >= 0.6 is 0 Å². The van der Waals surface area contributed by atoms with Gasteiger partial charge in [0, 0.05) is 25.1 Å². The third-order valence-electron chi connectivity index (χ3n) is 5.33. The van der Waals surface area contributed by atoms with E-state index in [1.165, 1.54) is 0 Å². The summed E-state index contributed by atoms with van der Waals surface area (Å²) < 4.78 is 6.18. The lowest BCUT2D eigenvalue weighted by atomic mass is 9.86. The van der Waals surface area contributed by atoms with Gasteiger partial charge in [0.05, 0.1) is 5.92 Å². The zero-order valence-corrected chi connectivity index (χ0v) is 17.6. The Hall–Kier alpha value is -2.82. The molecule has 5 nitrogen and oxygen atoms in total. The fraction of sp³-hybridized carbons (Fsp3) is 0.417. The van der Waals surface area contributed by atoms with Gasteiger partial charge in [0.2, 0.25) is 5.91 Å². The second-order valence-electron chi connectivity index (χ2n) is 8.82. The van der Waals surface area contributed by atoms with E-state index in [2.05, 4.69) is 45.9 Å². The number of hydrogen-bond acceptors (Lipinski definition) is 3. The standard InChI is InChI=1S/C24H29NO4/c1-16-5-10-20(24(2,3)4)21(13-16)29-19-8-6-17(7-9-19)11-12-25-15-18(23(27)28)14-22(25)26/h5-10,13,18H,11-12,14-15H2,1-4H3,(H,27,28). The molecule has 0 saturated carbocycles. The van der Waals surface area contributed by atoms with Gasteiger partial charge in [-0.25, -0.2) is 0 Å². The molecule has 0 aliphatic carbocycles. The van der Waals surface area contributed by atoms with Crippen molar-refractivity contribution in [3.63, 3.8) is 0 Å². The molecular weight excluding hydrogens is 366 g/mol. The van der Waals surface area contributed by atoms with Gasteiger partial charge in [-0.1, -0.05) is 45.0 Å². The average Bonchev–Trinajstić information content (AvgIpc) is 3.01. The quantitative estimate of drug-likeness (QED) is 0.779. The topological polar surface area (TPSA) is 66.8 Å². The summed E-state index contributed by atoms with van der Waals surface area (Å²) in [5, 5.41) is 9.08. The van der Waals surface area contributed by atoms with Crippen molar-refractivity contribution in [3.05, 3.63) is 59.2 Å². The molecule has 1 aliphatic rings. The highest BCUT2D eigenvalue weighted by molar-refractivity contribution is 5.86. The van der Waals surface area contributed by atoms with Gasteiger partial charge in [-0.3, -0.25) is 9.59 Å². The minimum Gasteiger partial charge on any atom is -0.481 e. The van der Waals surface area contributed by atoms with Crippen LogP contribution in [0, 0.1) is 12.8 Å². The SMILES string of the molecule is Cc1ccc(C(C)(C)C)c(Oc2ccc(CCN3CC(C(=O)O)CC3=O)cc2)c1. The highest BCUT2D eigenvalue weighted by atomic mass is 16.5. The van der Waals surface area contributed by atoms with Crippen LogP contribution in [-0.4, -0.2) is 35.0 Å². The maximum Gasteiger partial charge on any atom is 0.308 e. The van der Waals surface area contributed by atoms with E-state index in [9.17, 15) is 9.59 Å². The van der Waals surface area contributed by atoms with Crippen LogP contribution in [0.25, 0.3) is 0 Å². The number of nitrogens with zero attached hydrogens (tertiary/aromatic N) is 1. The fourth-order valence-corrected chi connectivity index (χ4v) is 3.60. The lowest BCUT2D eigenvalue weighted by Gasteiger charge is -2.23. The van der Waals surface area contributed by atoms with Gasteiger partial charge in [0.15, 0.2) is 0 Å². The van der Waals surface area contributed by atoms with Crippen molar-refractivity contribution in [1.82, 2.24) is 4.90 Å². The molecule has 1 heterocycles. The normalized spacial score (nSPS) is 16.9. The van der Waals surface area contributed by atoms with Gasteiger partial charge in [0.1, 0.15) is 11.5 Å².